The number of rotatable bonds is 3. The molecule has 2 aliphatic heterocycles. The van der Waals surface area contributed by atoms with Gasteiger partial charge in [-0.05, 0) is 37.4 Å². The Morgan fingerprint density at radius 1 is 1.17 bits per heavy atom. The Kier molecular flexibility index (Phi) is 4.02. The molecule has 0 spiro atoms. The summed E-state index contributed by atoms with van der Waals surface area (Å²) >= 11 is 3.62. The molecule has 2 aliphatic rings. The fourth-order valence-electron chi connectivity index (χ4n) is 3.37. The summed E-state index contributed by atoms with van der Waals surface area (Å²) in [6.45, 7) is 3.59. The highest BCUT2D eigenvalue weighted by Gasteiger charge is 2.34. The standard InChI is InChI=1S/C15H21BrN2/c16-13-6-2-1-5-12(13)11-17-14-8-10-18-9-4-3-7-15(14)18/h1-2,5-6,14-15,17H,3-4,7-11H2. The summed E-state index contributed by atoms with van der Waals surface area (Å²) in [6, 6.07) is 10.00. The van der Waals surface area contributed by atoms with Crippen LogP contribution in [0.4, 0.5) is 0 Å². The molecule has 3 heteroatoms. The molecule has 18 heavy (non-hydrogen) atoms. The maximum Gasteiger partial charge on any atom is 0.0249 e. The second-order valence-electron chi connectivity index (χ2n) is 5.47. The smallest absolute Gasteiger partial charge is 0.0249 e. The Morgan fingerprint density at radius 2 is 2.06 bits per heavy atom. The number of nitrogens with one attached hydrogen (secondary N) is 1. The average molecular weight is 309 g/mol. The lowest BCUT2D eigenvalue weighted by Gasteiger charge is -2.32. The van der Waals surface area contributed by atoms with Crippen LogP contribution in [0, 0.1) is 0 Å². The summed E-state index contributed by atoms with van der Waals surface area (Å²) < 4.78 is 1.22. The molecular formula is C15H21BrN2. The van der Waals surface area contributed by atoms with E-state index in [1.807, 2.05) is 0 Å². The first-order valence-corrected chi connectivity index (χ1v) is 7.85. The summed E-state index contributed by atoms with van der Waals surface area (Å²) in [7, 11) is 0. The number of fused-ring (bicyclic) bond motifs is 1. The van der Waals surface area contributed by atoms with Gasteiger partial charge in [0.25, 0.3) is 0 Å². The molecule has 2 heterocycles. The van der Waals surface area contributed by atoms with Gasteiger partial charge in [0.1, 0.15) is 0 Å². The van der Waals surface area contributed by atoms with E-state index >= 15 is 0 Å². The molecule has 98 valence electrons. The first kappa shape index (κ1) is 12.6. The van der Waals surface area contributed by atoms with Gasteiger partial charge in [-0.15, -0.1) is 0 Å². The zero-order valence-electron chi connectivity index (χ0n) is 10.7. The molecule has 2 fully saturated rings. The van der Waals surface area contributed by atoms with Gasteiger partial charge in [-0.3, -0.25) is 4.90 Å². The SMILES string of the molecule is Brc1ccccc1CNC1CCN2CCCCC12. The van der Waals surface area contributed by atoms with E-state index in [2.05, 4.69) is 50.4 Å². The molecule has 0 saturated carbocycles. The second kappa shape index (κ2) is 5.72. The van der Waals surface area contributed by atoms with E-state index in [9.17, 15) is 0 Å². The van der Waals surface area contributed by atoms with Gasteiger partial charge in [0.05, 0.1) is 0 Å². The second-order valence-corrected chi connectivity index (χ2v) is 6.32. The normalized spacial score (nSPS) is 28.3. The Morgan fingerprint density at radius 3 is 2.94 bits per heavy atom. The number of hydrogen-bond acceptors (Lipinski definition) is 2. The lowest BCUT2D eigenvalue weighted by molar-refractivity contribution is 0.180. The third-order valence-corrected chi connectivity index (χ3v) is 5.14. The fourth-order valence-corrected chi connectivity index (χ4v) is 3.79. The van der Waals surface area contributed by atoms with Crippen LogP contribution in [-0.2, 0) is 6.54 Å². The molecule has 2 atom stereocenters. The van der Waals surface area contributed by atoms with Crippen molar-refractivity contribution in [1.82, 2.24) is 10.2 Å². The molecule has 0 bridgehead atoms. The van der Waals surface area contributed by atoms with Crippen molar-refractivity contribution in [1.29, 1.82) is 0 Å². The molecule has 0 aliphatic carbocycles. The van der Waals surface area contributed by atoms with Gasteiger partial charge in [0.2, 0.25) is 0 Å². The Hall–Kier alpha value is -0.380. The van der Waals surface area contributed by atoms with Crippen molar-refractivity contribution in [3.63, 3.8) is 0 Å². The fraction of sp³-hybridized carbons (Fsp3) is 0.600. The number of hydrogen-bond donors (Lipinski definition) is 1. The van der Waals surface area contributed by atoms with Crippen molar-refractivity contribution in [3.05, 3.63) is 34.3 Å². The predicted molar refractivity (Wildman–Crippen MR) is 78.6 cm³/mol. The maximum atomic E-state index is 3.77. The number of benzene rings is 1. The summed E-state index contributed by atoms with van der Waals surface area (Å²) in [6.07, 6.45) is 5.50. The van der Waals surface area contributed by atoms with Crippen molar-refractivity contribution in [2.24, 2.45) is 0 Å². The van der Waals surface area contributed by atoms with Gasteiger partial charge >= 0.3 is 0 Å². The molecule has 1 aromatic rings. The topological polar surface area (TPSA) is 15.3 Å². The van der Waals surface area contributed by atoms with Crippen molar-refractivity contribution >= 4 is 15.9 Å². The lowest BCUT2D eigenvalue weighted by atomic mass is 9.99. The van der Waals surface area contributed by atoms with Crippen molar-refractivity contribution in [2.75, 3.05) is 13.1 Å². The Labute approximate surface area is 118 Å². The molecular weight excluding hydrogens is 288 g/mol. The van der Waals surface area contributed by atoms with E-state index in [1.165, 1.54) is 48.8 Å². The van der Waals surface area contributed by atoms with Crippen molar-refractivity contribution in [3.8, 4) is 0 Å². The summed E-state index contributed by atoms with van der Waals surface area (Å²) in [5.41, 5.74) is 1.37. The van der Waals surface area contributed by atoms with Gasteiger partial charge < -0.3 is 5.32 Å². The Balaban J connectivity index is 1.59. The lowest BCUT2D eigenvalue weighted by Crippen LogP contribution is -2.44. The third-order valence-electron chi connectivity index (χ3n) is 4.37. The number of nitrogens with zero attached hydrogens (tertiary/aromatic N) is 1. The molecule has 1 N–H and O–H groups in total. The van der Waals surface area contributed by atoms with Crippen LogP contribution in [0.3, 0.4) is 0 Å². The van der Waals surface area contributed by atoms with Crippen LogP contribution in [0.2, 0.25) is 0 Å². The van der Waals surface area contributed by atoms with Crippen LogP contribution in [0.1, 0.15) is 31.2 Å². The van der Waals surface area contributed by atoms with Gasteiger partial charge in [-0.1, -0.05) is 40.5 Å². The van der Waals surface area contributed by atoms with Crippen LogP contribution >= 0.6 is 15.9 Å². The van der Waals surface area contributed by atoms with E-state index in [-0.39, 0.29) is 0 Å². The molecule has 2 nitrogen and oxygen atoms in total. The van der Waals surface area contributed by atoms with Crippen LogP contribution in [-0.4, -0.2) is 30.1 Å². The minimum atomic E-state index is 0.692. The largest absolute Gasteiger partial charge is 0.308 e. The van der Waals surface area contributed by atoms with E-state index in [0.717, 1.165) is 12.6 Å². The molecule has 1 aromatic carbocycles. The van der Waals surface area contributed by atoms with E-state index in [0.29, 0.717) is 6.04 Å². The molecule has 2 unspecified atom stereocenters. The van der Waals surface area contributed by atoms with Crippen LogP contribution < -0.4 is 5.32 Å². The average Bonchev–Trinajstić information content (AvgIpc) is 2.81. The highest BCUT2D eigenvalue weighted by atomic mass is 79.9. The zero-order chi connectivity index (χ0) is 12.4. The van der Waals surface area contributed by atoms with E-state index in [4.69, 9.17) is 0 Å². The van der Waals surface area contributed by atoms with E-state index in [1.54, 1.807) is 0 Å². The first-order chi connectivity index (χ1) is 8.84. The minimum absolute atomic E-state index is 0.692. The highest BCUT2D eigenvalue weighted by Crippen LogP contribution is 2.27. The number of piperidine rings is 1. The van der Waals surface area contributed by atoms with Gasteiger partial charge in [-0.25, -0.2) is 0 Å². The van der Waals surface area contributed by atoms with E-state index < -0.39 is 0 Å². The molecule has 0 amide bonds. The highest BCUT2D eigenvalue weighted by molar-refractivity contribution is 9.10. The van der Waals surface area contributed by atoms with Gasteiger partial charge in [-0.2, -0.15) is 0 Å². The quantitative estimate of drug-likeness (QED) is 0.922. The van der Waals surface area contributed by atoms with Crippen LogP contribution in [0.5, 0.6) is 0 Å². The van der Waals surface area contributed by atoms with Crippen LogP contribution in [0.15, 0.2) is 28.7 Å². The first-order valence-electron chi connectivity index (χ1n) is 7.05. The minimum Gasteiger partial charge on any atom is -0.308 e. The summed E-state index contributed by atoms with van der Waals surface area (Å²) in [4.78, 5) is 2.68. The molecule has 3 rings (SSSR count). The van der Waals surface area contributed by atoms with Crippen LogP contribution in [0.25, 0.3) is 0 Å². The molecule has 0 radical (unpaired) electrons. The predicted octanol–water partition coefficient (Wildman–Crippen LogP) is 3.17. The third kappa shape index (κ3) is 2.63. The Bertz CT molecular complexity index is 407. The van der Waals surface area contributed by atoms with Gasteiger partial charge in [0, 0.05) is 29.6 Å². The summed E-state index contributed by atoms with van der Waals surface area (Å²) in [5.74, 6) is 0. The summed E-state index contributed by atoms with van der Waals surface area (Å²) in [5, 5.41) is 3.77. The maximum absolute atomic E-state index is 3.77. The number of halogens is 1. The monoisotopic (exact) mass is 308 g/mol. The van der Waals surface area contributed by atoms with Crippen molar-refractivity contribution < 1.29 is 0 Å². The van der Waals surface area contributed by atoms with Crippen molar-refractivity contribution in [2.45, 2.75) is 44.3 Å². The zero-order valence-corrected chi connectivity index (χ0v) is 12.3. The molecule has 2 saturated heterocycles. The van der Waals surface area contributed by atoms with Gasteiger partial charge in [0.15, 0.2) is 0 Å². The molecule has 0 aromatic heterocycles.